The van der Waals surface area contributed by atoms with Gasteiger partial charge in [0.25, 0.3) is 0 Å². The van der Waals surface area contributed by atoms with E-state index in [0.717, 1.165) is 28.9 Å². The van der Waals surface area contributed by atoms with Gasteiger partial charge in [-0.1, -0.05) is 24.3 Å². The Bertz CT molecular complexity index is 997. The Morgan fingerprint density at radius 1 is 1.14 bits per heavy atom. The molecule has 2 heterocycles. The summed E-state index contributed by atoms with van der Waals surface area (Å²) in [4.78, 5) is 28.2. The molecule has 2 aromatic heterocycles. The molecule has 0 fully saturated rings. The van der Waals surface area contributed by atoms with E-state index in [1.807, 2.05) is 36.4 Å². The van der Waals surface area contributed by atoms with E-state index in [1.165, 1.54) is 0 Å². The maximum Gasteiger partial charge on any atom is 0.404 e. The highest BCUT2D eigenvalue weighted by molar-refractivity contribution is 5.75. The van der Waals surface area contributed by atoms with Crippen LogP contribution in [0.25, 0.3) is 16.9 Å². The summed E-state index contributed by atoms with van der Waals surface area (Å²) in [7, 11) is 3.50. The molecule has 0 spiro atoms. The molecule has 9 nitrogen and oxygen atoms in total. The number of fused-ring (bicyclic) bond motifs is 1. The van der Waals surface area contributed by atoms with Crippen molar-refractivity contribution in [1.29, 1.82) is 0 Å². The van der Waals surface area contributed by atoms with Gasteiger partial charge in [0.15, 0.2) is 5.65 Å². The van der Waals surface area contributed by atoms with Gasteiger partial charge in [0.05, 0.1) is 11.9 Å². The Balaban J connectivity index is 1.69. The van der Waals surface area contributed by atoms with E-state index in [1.54, 1.807) is 29.7 Å². The molecular weight excluding hydrogens is 372 g/mol. The van der Waals surface area contributed by atoms with Gasteiger partial charge in [0, 0.05) is 39.2 Å². The zero-order valence-electron chi connectivity index (χ0n) is 16.4. The molecule has 0 aliphatic rings. The number of aromatic nitrogens is 3. The number of carbonyl (C=O) groups is 2. The highest BCUT2D eigenvalue weighted by atomic mass is 16.4. The van der Waals surface area contributed by atoms with Crippen molar-refractivity contribution in [1.82, 2.24) is 24.8 Å². The molecule has 0 saturated carbocycles. The third kappa shape index (κ3) is 5.22. The Kier molecular flexibility index (Phi) is 6.28. The van der Waals surface area contributed by atoms with Gasteiger partial charge in [-0.15, -0.1) is 5.10 Å². The molecule has 0 bridgehead atoms. The van der Waals surface area contributed by atoms with Gasteiger partial charge in [-0.25, -0.2) is 14.3 Å². The van der Waals surface area contributed by atoms with E-state index in [0.29, 0.717) is 18.8 Å². The van der Waals surface area contributed by atoms with Crippen molar-refractivity contribution in [3.8, 4) is 11.3 Å². The van der Waals surface area contributed by atoms with Crippen molar-refractivity contribution in [2.45, 2.75) is 19.4 Å². The summed E-state index contributed by atoms with van der Waals surface area (Å²) in [5.74, 6) is 0.811. The van der Waals surface area contributed by atoms with Crippen molar-refractivity contribution in [2.75, 3.05) is 26.0 Å². The zero-order chi connectivity index (χ0) is 20.8. The van der Waals surface area contributed by atoms with Crippen LogP contribution in [0.2, 0.25) is 0 Å². The summed E-state index contributed by atoms with van der Waals surface area (Å²) in [5, 5.41) is 18.9. The fourth-order valence-corrected chi connectivity index (χ4v) is 2.82. The van der Waals surface area contributed by atoms with Crippen LogP contribution in [0.3, 0.4) is 0 Å². The summed E-state index contributed by atoms with van der Waals surface area (Å²) in [5.41, 5.74) is 3.36. The molecule has 0 aliphatic carbocycles. The van der Waals surface area contributed by atoms with Crippen LogP contribution in [-0.2, 0) is 11.3 Å². The average Bonchev–Trinajstić information content (AvgIpc) is 3.13. The molecule has 1 aromatic carbocycles. The van der Waals surface area contributed by atoms with E-state index in [-0.39, 0.29) is 12.5 Å². The minimum absolute atomic E-state index is 0.106. The van der Waals surface area contributed by atoms with Crippen LogP contribution in [0.15, 0.2) is 42.6 Å². The lowest BCUT2D eigenvalue weighted by molar-refractivity contribution is -0.128. The third-order valence-corrected chi connectivity index (χ3v) is 4.43. The molecular formula is C20H24N6O3. The standard InChI is InChI=1S/C20H24N6O3/c1-25(2)19(27)4-3-11-21-17-9-10-18-22-13-16(26(18)24-17)15-7-5-14(6-8-15)12-23-20(28)29/h5-10,13,23H,3-4,11-12H2,1-2H3,(H,21,24)(H,28,29). The number of imidazole rings is 1. The number of carbonyl (C=O) groups excluding carboxylic acids is 1. The second-order valence-corrected chi connectivity index (χ2v) is 6.81. The summed E-state index contributed by atoms with van der Waals surface area (Å²) >= 11 is 0. The summed E-state index contributed by atoms with van der Waals surface area (Å²) in [6, 6.07) is 11.3. The normalized spacial score (nSPS) is 10.7. The number of carboxylic acid groups (broad SMARTS) is 1. The lowest BCUT2D eigenvalue weighted by Crippen LogP contribution is -2.22. The predicted molar refractivity (Wildman–Crippen MR) is 110 cm³/mol. The lowest BCUT2D eigenvalue weighted by atomic mass is 10.1. The fourth-order valence-electron chi connectivity index (χ4n) is 2.82. The maximum absolute atomic E-state index is 11.6. The number of nitrogens with one attached hydrogen (secondary N) is 2. The molecule has 3 N–H and O–H groups in total. The largest absolute Gasteiger partial charge is 0.465 e. The first kappa shape index (κ1) is 20.1. The molecule has 0 radical (unpaired) electrons. The highest BCUT2D eigenvalue weighted by Gasteiger charge is 2.09. The number of benzene rings is 1. The van der Waals surface area contributed by atoms with Gasteiger partial charge in [-0.05, 0) is 24.1 Å². The molecule has 0 unspecified atom stereocenters. The minimum Gasteiger partial charge on any atom is -0.465 e. The van der Waals surface area contributed by atoms with Crippen molar-refractivity contribution in [2.24, 2.45) is 0 Å². The molecule has 0 saturated heterocycles. The first-order valence-electron chi connectivity index (χ1n) is 9.29. The Hall–Kier alpha value is -3.62. The second kappa shape index (κ2) is 9.05. The number of rotatable bonds is 8. The van der Waals surface area contributed by atoms with Crippen molar-refractivity contribution < 1.29 is 14.7 Å². The first-order chi connectivity index (χ1) is 13.9. The molecule has 0 aliphatic heterocycles. The molecule has 152 valence electrons. The molecule has 2 amide bonds. The van der Waals surface area contributed by atoms with Crippen LogP contribution < -0.4 is 10.6 Å². The van der Waals surface area contributed by atoms with Gasteiger partial charge in [-0.2, -0.15) is 0 Å². The fraction of sp³-hybridized carbons (Fsp3) is 0.300. The van der Waals surface area contributed by atoms with E-state index < -0.39 is 6.09 Å². The van der Waals surface area contributed by atoms with Gasteiger partial charge >= 0.3 is 6.09 Å². The summed E-state index contributed by atoms with van der Waals surface area (Å²) < 4.78 is 1.76. The monoisotopic (exact) mass is 396 g/mol. The Labute approximate surface area is 168 Å². The molecule has 29 heavy (non-hydrogen) atoms. The van der Waals surface area contributed by atoms with Crippen molar-refractivity contribution >= 4 is 23.5 Å². The summed E-state index contributed by atoms with van der Waals surface area (Å²) in [6.07, 6.45) is 1.92. The van der Waals surface area contributed by atoms with Gasteiger partial charge in [-0.3, -0.25) is 4.79 Å². The van der Waals surface area contributed by atoms with Crippen LogP contribution in [0, 0.1) is 0 Å². The second-order valence-electron chi connectivity index (χ2n) is 6.81. The molecule has 3 aromatic rings. The maximum atomic E-state index is 11.6. The number of hydrogen-bond acceptors (Lipinski definition) is 5. The van der Waals surface area contributed by atoms with E-state index >= 15 is 0 Å². The van der Waals surface area contributed by atoms with Crippen LogP contribution in [-0.4, -0.2) is 57.2 Å². The Morgan fingerprint density at radius 3 is 2.59 bits per heavy atom. The van der Waals surface area contributed by atoms with Crippen LogP contribution in [0.4, 0.5) is 10.6 Å². The molecule has 3 rings (SSSR count). The van der Waals surface area contributed by atoms with E-state index in [4.69, 9.17) is 5.11 Å². The minimum atomic E-state index is -1.05. The van der Waals surface area contributed by atoms with Crippen LogP contribution in [0.5, 0.6) is 0 Å². The number of nitrogens with zero attached hydrogens (tertiary/aromatic N) is 4. The lowest BCUT2D eigenvalue weighted by Gasteiger charge is -2.10. The zero-order valence-corrected chi connectivity index (χ0v) is 16.4. The van der Waals surface area contributed by atoms with Crippen LogP contribution in [0.1, 0.15) is 18.4 Å². The Morgan fingerprint density at radius 2 is 1.90 bits per heavy atom. The topological polar surface area (TPSA) is 112 Å². The smallest absolute Gasteiger partial charge is 0.404 e. The molecule has 9 heteroatoms. The first-order valence-corrected chi connectivity index (χ1v) is 9.29. The number of hydrogen-bond donors (Lipinski definition) is 3. The molecule has 0 atom stereocenters. The average molecular weight is 396 g/mol. The number of amides is 2. The third-order valence-electron chi connectivity index (χ3n) is 4.43. The van der Waals surface area contributed by atoms with Crippen LogP contribution >= 0.6 is 0 Å². The van der Waals surface area contributed by atoms with Gasteiger partial charge in [0.1, 0.15) is 5.82 Å². The van der Waals surface area contributed by atoms with Crippen molar-refractivity contribution in [3.05, 3.63) is 48.2 Å². The highest BCUT2D eigenvalue weighted by Crippen LogP contribution is 2.21. The van der Waals surface area contributed by atoms with Gasteiger partial charge < -0.3 is 20.6 Å². The summed E-state index contributed by atoms with van der Waals surface area (Å²) in [6.45, 7) is 0.902. The van der Waals surface area contributed by atoms with Gasteiger partial charge in [0.2, 0.25) is 5.91 Å². The number of anilines is 1. The van der Waals surface area contributed by atoms with E-state index in [9.17, 15) is 9.59 Å². The van der Waals surface area contributed by atoms with E-state index in [2.05, 4.69) is 20.7 Å². The predicted octanol–water partition coefficient (Wildman–Crippen LogP) is 2.44. The SMILES string of the molecule is CN(C)C(=O)CCCNc1ccc2ncc(-c3ccc(CNC(=O)O)cc3)n2n1. The quantitative estimate of drug-likeness (QED) is 0.504. The van der Waals surface area contributed by atoms with Crippen molar-refractivity contribution in [3.63, 3.8) is 0 Å².